The van der Waals surface area contributed by atoms with Crippen molar-refractivity contribution in [3.8, 4) is 22.8 Å². The molecule has 3 heterocycles. The van der Waals surface area contributed by atoms with Gasteiger partial charge in [0.05, 0.1) is 27.5 Å². The zero-order chi connectivity index (χ0) is 26.9. The lowest BCUT2D eigenvalue weighted by Gasteiger charge is -2.11. The van der Waals surface area contributed by atoms with E-state index in [0.29, 0.717) is 0 Å². The molecule has 9 aromatic rings. The first kappa shape index (κ1) is 22.2. The van der Waals surface area contributed by atoms with Crippen LogP contribution in [0.25, 0.3) is 77.5 Å². The van der Waals surface area contributed by atoms with Gasteiger partial charge in [0.1, 0.15) is 17.0 Å². The number of imidazole rings is 1. The van der Waals surface area contributed by atoms with Crippen LogP contribution in [0.15, 0.2) is 144 Å². The first-order chi connectivity index (χ1) is 20.3. The molecule has 4 nitrogen and oxygen atoms in total. The molecular weight excluding hydrogens is 502 g/mol. The van der Waals surface area contributed by atoms with Gasteiger partial charge in [-0.05, 0) is 72.8 Å². The van der Waals surface area contributed by atoms with Crippen molar-refractivity contribution in [3.63, 3.8) is 0 Å². The molecule has 192 valence electrons. The van der Waals surface area contributed by atoms with Gasteiger partial charge >= 0.3 is 0 Å². The molecule has 0 amide bonds. The lowest BCUT2D eigenvalue weighted by molar-refractivity contribution is 0.673. The Kier molecular flexibility index (Phi) is 4.58. The topological polar surface area (TPSA) is 35.9 Å². The van der Waals surface area contributed by atoms with Crippen molar-refractivity contribution in [2.24, 2.45) is 0 Å². The predicted octanol–water partition coefficient (Wildman–Crippen LogP) is 9.69. The van der Waals surface area contributed by atoms with Crippen molar-refractivity contribution in [2.45, 2.75) is 0 Å². The van der Waals surface area contributed by atoms with Crippen molar-refractivity contribution in [1.29, 1.82) is 0 Å². The molecule has 0 atom stereocenters. The van der Waals surface area contributed by atoms with E-state index in [-0.39, 0.29) is 0 Å². The third-order valence-electron chi connectivity index (χ3n) is 8.14. The molecule has 0 unspecified atom stereocenters. The minimum Gasteiger partial charge on any atom is -0.455 e. The van der Waals surface area contributed by atoms with Crippen molar-refractivity contribution < 1.29 is 4.42 Å². The van der Waals surface area contributed by atoms with Gasteiger partial charge in [-0.25, -0.2) is 4.98 Å². The highest BCUT2D eigenvalue weighted by Gasteiger charge is 2.19. The molecule has 3 aromatic heterocycles. The Hall–Kier alpha value is -5.61. The highest BCUT2D eigenvalue weighted by molar-refractivity contribution is 6.23. The molecule has 41 heavy (non-hydrogen) atoms. The standard InChI is InChI=1S/C37H23N3O/c1-2-10-25(11-3-1)40-32-16-8-6-14-30(32)38-37(40)24-18-20-26(21-19-24)39-31-15-7-4-13-29(31)35-33(39)23-22-28-27-12-5-9-17-34(27)41-36(28)35/h1-23H. The molecule has 0 aliphatic heterocycles. The molecule has 0 aliphatic carbocycles. The molecule has 0 N–H and O–H groups in total. The number of hydrogen-bond acceptors (Lipinski definition) is 2. The van der Waals surface area contributed by atoms with Gasteiger partial charge in [0, 0.05) is 33.1 Å². The molecule has 6 aromatic carbocycles. The largest absolute Gasteiger partial charge is 0.455 e. The number of fused-ring (bicyclic) bond motifs is 8. The van der Waals surface area contributed by atoms with Crippen LogP contribution >= 0.6 is 0 Å². The number of hydrogen-bond donors (Lipinski definition) is 0. The van der Waals surface area contributed by atoms with E-state index in [1.807, 2.05) is 24.3 Å². The molecule has 9 rings (SSSR count). The number of benzene rings is 6. The van der Waals surface area contributed by atoms with Crippen molar-refractivity contribution in [1.82, 2.24) is 14.1 Å². The quantitative estimate of drug-likeness (QED) is 0.230. The maximum Gasteiger partial charge on any atom is 0.145 e. The van der Waals surface area contributed by atoms with Crippen LogP contribution in [-0.2, 0) is 0 Å². The van der Waals surface area contributed by atoms with Crippen LogP contribution in [0.3, 0.4) is 0 Å². The number of aromatic nitrogens is 3. The summed E-state index contributed by atoms with van der Waals surface area (Å²) in [5.41, 5.74) is 9.46. The Morgan fingerprint density at radius 3 is 2.00 bits per heavy atom. The smallest absolute Gasteiger partial charge is 0.145 e. The zero-order valence-electron chi connectivity index (χ0n) is 22.0. The van der Waals surface area contributed by atoms with Crippen molar-refractivity contribution >= 4 is 54.8 Å². The van der Waals surface area contributed by atoms with Crippen LogP contribution < -0.4 is 0 Å². The second-order valence-corrected chi connectivity index (χ2v) is 10.4. The van der Waals surface area contributed by atoms with Crippen LogP contribution in [-0.4, -0.2) is 14.1 Å². The summed E-state index contributed by atoms with van der Waals surface area (Å²) in [5, 5.41) is 4.62. The van der Waals surface area contributed by atoms with Gasteiger partial charge in [-0.2, -0.15) is 0 Å². The number of rotatable bonds is 3. The minimum atomic E-state index is 0.914. The van der Waals surface area contributed by atoms with Gasteiger partial charge in [-0.1, -0.05) is 66.7 Å². The fourth-order valence-corrected chi connectivity index (χ4v) is 6.33. The molecular formula is C37H23N3O. The summed E-state index contributed by atoms with van der Waals surface area (Å²) < 4.78 is 11.0. The third-order valence-corrected chi connectivity index (χ3v) is 8.14. The van der Waals surface area contributed by atoms with Gasteiger partial charge in [-0.15, -0.1) is 0 Å². The minimum absolute atomic E-state index is 0.914. The molecule has 0 bridgehead atoms. The third kappa shape index (κ3) is 3.19. The van der Waals surface area contributed by atoms with Crippen LogP contribution in [0.1, 0.15) is 0 Å². The lowest BCUT2D eigenvalue weighted by atomic mass is 10.1. The Morgan fingerprint density at radius 1 is 0.463 bits per heavy atom. The maximum absolute atomic E-state index is 6.46. The van der Waals surface area contributed by atoms with Crippen molar-refractivity contribution in [3.05, 3.63) is 140 Å². The van der Waals surface area contributed by atoms with E-state index in [4.69, 9.17) is 9.40 Å². The molecule has 4 heteroatoms. The molecule has 0 saturated carbocycles. The fourth-order valence-electron chi connectivity index (χ4n) is 6.33. The Balaban J connectivity index is 1.26. The summed E-state index contributed by atoms with van der Waals surface area (Å²) >= 11 is 0. The molecule has 0 radical (unpaired) electrons. The second kappa shape index (κ2) is 8.44. The fraction of sp³-hybridized carbons (Fsp3) is 0. The van der Waals surface area contributed by atoms with Crippen LogP contribution in [0.5, 0.6) is 0 Å². The summed E-state index contributed by atoms with van der Waals surface area (Å²) in [6.07, 6.45) is 0. The van der Waals surface area contributed by atoms with E-state index in [2.05, 4.69) is 124 Å². The van der Waals surface area contributed by atoms with Gasteiger partial charge in [-0.3, -0.25) is 4.57 Å². The summed E-state index contributed by atoms with van der Waals surface area (Å²) in [6.45, 7) is 0. The molecule has 0 fully saturated rings. The summed E-state index contributed by atoms with van der Waals surface area (Å²) in [6, 6.07) is 48.8. The number of nitrogens with zero attached hydrogens (tertiary/aromatic N) is 3. The van der Waals surface area contributed by atoms with Gasteiger partial charge in [0.2, 0.25) is 0 Å². The monoisotopic (exact) mass is 525 g/mol. The van der Waals surface area contributed by atoms with E-state index in [1.54, 1.807) is 0 Å². The summed E-state index contributed by atoms with van der Waals surface area (Å²) in [5.74, 6) is 0.926. The Labute approximate surface area is 235 Å². The Bertz CT molecular complexity index is 2410. The first-order valence-electron chi connectivity index (χ1n) is 13.8. The summed E-state index contributed by atoms with van der Waals surface area (Å²) in [4.78, 5) is 5.05. The number of furan rings is 1. The molecule has 0 spiro atoms. The highest BCUT2D eigenvalue weighted by Crippen LogP contribution is 2.40. The van der Waals surface area contributed by atoms with E-state index in [0.717, 1.165) is 72.2 Å². The Morgan fingerprint density at radius 2 is 1.15 bits per heavy atom. The van der Waals surface area contributed by atoms with Crippen LogP contribution in [0.4, 0.5) is 0 Å². The number of para-hydroxylation sites is 5. The highest BCUT2D eigenvalue weighted by atomic mass is 16.3. The van der Waals surface area contributed by atoms with Crippen LogP contribution in [0.2, 0.25) is 0 Å². The predicted molar refractivity (Wildman–Crippen MR) is 168 cm³/mol. The van der Waals surface area contributed by atoms with Crippen LogP contribution in [0, 0.1) is 0 Å². The van der Waals surface area contributed by atoms with Gasteiger partial charge in [0.15, 0.2) is 0 Å². The lowest BCUT2D eigenvalue weighted by Crippen LogP contribution is -1.98. The molecule has 0 saturated heterocycles. The van der Waals surface area contributed by atoms with E-state index < -0.39 is 0 Å². The maximum atomic E-state index is 6.46. The first-order valence-corrected chi connectivity index (χ1v) is 13.8. The van der Waals surface area contributed by atoms with Gasteiger partial charge in [0.25, 0.3) is 0 Å². The van der Waals surface area contributed by atoms with E-state index in [9.17, 15) is 0 Å². The van der Waals surface area contributed by atoms with E-state index in [1.165, 1.54) is 5.39 Å². The average molecular weight is 526 g/mol. The summed E-state index contributed by atoms with van der Waals surface area (Å²) in [7, 11) is 0. The average Bonchev–Trinajstić information content (AvgIpc) is 3.71. The molecule has 0 aliphatic rings. The second-order valence-electron chi connectivity index (χ2n) is 10.4. The van der Waals surface area contributed by atoms with E-state index >= 15 is 0 Å². The SMILES string of the molecule is c1ccc(-n2c(-c3ccc(-n4c5ccccc5c5c6oc7ccccc7c6ccc54)cc3)nc3ccccc32)cc1. The zero-order valence-corrected chi connectivity index (χ0v) is 22.0. The van der Waals surface area contributed by atoms with Gasteiger partial charge < -0.3 is 8.98 Å². The van der Waals surface area contributed by atoms with Crippen molar-refractivity contribution in [2.75, 3.05) is 0 Å². The normalized spacial score (nSPS) is 11.9.